The number of benzene rings is 2. The molecule has 0 radical (unpaired) electrons. The van der Waals surface area contributed by atoms with E-state index in [1.165, 1.54) is 6.39 Å². The molecule has 2 aromatic carbocycles. The molecule has 0 fully saturated rings. The third-order valence-corrected chi connectivity index (χ3v) is 4.41. The van der Waals surface area contributed by atoms with Gasteiger partial charge in [0.15, 0.2) is 0 Å². The molecule has 0 bridgehead atoms. The molecule has 28 heavy (non-hydrogen) atoms. The minimum Gasteiger partial charge on any atom is -0.423 e. The lowest BCUT2D eigenvalue weighted by molar-refractivity contribution is 0.0945. The van der Waals surface area contributed by atoms with Gasteiger partial charge >= 0.3 is 0 Å². The van der Waals surface area contributed by atoms with E-state index in [1.54, 1.807) is 38.1 Å². The third-order valence-electron chi connectivity index (χ3n) is 3.67. The quantitative estimate of drug-likeness (QED) is 0.612. The van der Waals surface area contributed by atoms with E-state index in [4.69, 9.17) is 32.9 Å². The van der Waals surface area contributed by atoms with Crippen molar-refractivity contribution in [2.75, 3.05) is 11.9 Å². The van der Waals surface area contributed by atoms with Gasteiger partial charge < -0.3 is 14.8 Å². The van der Waals surface area contributed by atoms with Crippen LogP contribution in [0.4, 0.5) is 5.69 Å². The molecule has 0 amide bonds. The van der Waals surface area contributed by atoms with Gasteiger partial charge in [-0.15, -0.1) is 10.2 Å². The van der Waals surface area contributed by atoms with E-state index in [2.05, 4.69) is 15.5 Å². The summed E-state index contributed by atoms with van der Waals surface area (Å²) in [6.07, 6.45) is 1.30. The van der Waals surface area contributed by atoms with Crippen LogP contribution in [-0.2, 0) is 0 Å². The number of halogens is 2. The Bertz CT molecular complexity index is 944. The zero-order valence-electron chi connectivity index (χ0n) is 15.7. The Kier molecular flexibility index (Phi) is 7.41. The first-order valence-corrected chi connectivity index (χ1v) is 9.14. The molecule has 0 aliphatic rings. The third kappa shape index (κ3) is 6.24. The van der Waals surface area contributed by atoms with Gasteiger partial charge in [0.1, 0.15) is 6.07 Å². The van der Waals surface area contributed by atoms with Gasteiger partial charge in [-0.2, -0.15) is 5.26 Å². The first-order valence-electron chi connectivity index (χ1n) is 8.39. The van der Waals surface area contributed by atoms with Crippen molar-refractivity contribution in [3.63, 3.8) is 0 Å². The molecule has 0 saturated heterocycles. The van der Waals surface area contributed by atoms with Crippen molar-refractivity contribution in [2.45, 2.75) is 26.4 Å². The van der Waals surface area contributed by atoms with Gasteiger partial charge in [-0.3, -0.25) is 0 Å². The smallest absolute Gasteiger partial charge is 0.247 e. The maximum absolute atomic E-state index is 9.59. The van der Waals surface area contributed by atoms with Gasteiger partial charge in [-0.25, -0.2) is 0 Å². The highest BCUT2D eigenvalue weighted by atomic mass is 35.5. The van der Waals surface area contributed by atoms with Gasteiger partial charge in [0, 0.05) is 22.8 Å². The molecule has 6 nitrogen and oxygen atoms in total. The van der Waals surface area contributed by atoms with Crippen molar-refractivity contribution in [3.05, 3.63) is 64.0 Å². The first kappa shape index (κ1) is 21.7. The van der Waals surface area contributed by atoms with Crippen LogP contribution in [0.25, 0.3) is 11.5 Å². The minimum atomic E-state index is -0.785. The maximum atomic E-state index is 9.59. The summed E-state index contributed by atoms with van der Waals surface area (Å²) in [6, 6.07) is 12.7. The molecule has 0 aliphatic heterocycles. The van der Waals surface area contributed by atoms with E-state index >= 15 is 0 Å². The second kappa shape index (κ2) is 9.56. The van der Waals surface area contributed by atoms with Crippen molar-refractivity contribution in [1.29, 1.82) is 5.26 Å². The molecule has 1 aromatic heterocycles. The number of hydrogen-bond acceptors (Lipinski definition) is 6. The van der Waals surface area contributed by atoms with E-state index in [0.717, 1.165) is 16.8 Å². The molecule has 0 aliphatic carbocycles. The fraction of sp³-hybridized carbons (Fsp3) is 0.250. The monoisotopic (exact) mass is 418 g/mol. The van der Waals surface area contributed by atoms with Crippen molar-refractivity contribution in [2.24, 2.45) is 0 Å². The first-order chi connectivity index (χ1) is 13.2. The molecule has 146 valence electrons. The molecule has 3 aromatic rings. The average Bonchev–Trinajstić information content (AvgIpc) is 3.18. The molecule has 3 rings (SSSR count). The topological polar surface area (TPSA) is 95.0 Å². The number of aliphatic hydroxyl groups is 1. The Hall–Kier alpha value is -2.59. The summed E-state index contributed by atoms with van der Waals surface area (Å²) in [6.45, 7) is 5.72. The van der Waals surface area contributed by atoms with Crippen LogP contribution >= 0.6 is 23.2 Å². The van der Waals surface area contributed by atoms with E-state index < -0.39 is 5.60 Å². The normalized spacial score (nSPS) is 10.6. The predicted molar refractivity (Wildman–Crippen MR) is 110 cm³/mol. The van der Waals surface area contributed by atoms with Gasteiger partial charge in [-0.05, 0) is 62.7 Å². The number of rotatable bonds is 4. The lowest BCUT2D eigenvalue weighted by atomic mass is 10.1. The number of nitriles is 1. The van der Waals surface area contributed by atoms with Crippen molar-refractivity contribution in [3.8, 4) is 17.5 Å². The van der Waals surface area contributed by atoms with Crippen LogP contribution in [0.2, 0.25) is 10.0 Å². The van der Waals surface area contributed by atoms with Crippen LogP contribution in [0.3, 0.4) is 0 Å². The molecular formula is C20H20Cl2N4O2. The highest BCUT2D eigenvalue weighted by molar-refractivity contribution is 6.32. The second-order valence-electron chi connectivity index (χ2n) is 6.63. The summed E-state index contributed by atoms with van der Waals surface area (Å²) in [5.74, 6) is 0.506. The van der Waals surface area contributed by atoms with Crippen molar-refractivity contribution in [1.82, 2.24) is 10.2 Å². The van der Waals surface area contributed by atoms with Gasteiger partial charge in [-0.1, -0.05) is 23.2 Å². The molecule has 0 spiro atoms. The van der Waals surface area contributed by atoms with Crippen molar-refractivity contribution >= 4 is 28.9 Å². The Morgan fingerprint density at radius 1 is 1.18 bits per heavy atom. The van der Waals surface area contributed by atoms with Crippen LogP contribution in [0, 0.1) is 18.3 Å². The van der Waals surface area contributed by atoms with Crippen LogP contribution in [0.15, 0.2) is 47.2 Å². The summed E-state index contributed by atoms with van der Waals surface area (Å²) in [5, 5.41) is 30.0. The summed E-state index contributed by atoms with van der Waals surface area (Å²) >= 11 is 11.7. The SMILES string of the molecule is Cc1c(NCC(C)(C)O)ccc(C#N)c1Cl.Clc1ccc(-c2nnco2)cc1. The Balaban J connectivity index is 0.000000207. The van der Waals surface area contributed by atoms with E-state index in [0.29, 0.717) is 28.0 Å². The lowest BCUT2D eigenvalue weighted by Gasteiger charge is -2.20. The summed E-state index contributed by atoms with van der Waals surface area (Å²) in [5.41, 5.74) is 2.22. The second-order valence-corrected chi connectivity index (χ2v) is 7.44. The number of nitrogens with one attached hydrogen (secondary N) is 1. The van der Waals surface area contributed by atoms with Crippen LogP contribution in [-0.4, -0.2) is 27.4 Å². The Morgan fingerprint density at radius 2 is 1.86 bits per heavy atom. The number of aromatic nitrogens is 2. The molecule has 0 atom stereocenters. The summed E-state index contributed by atoms with van der Waals surface area (Å²) in [4.78, 5) is 0. The standard InChI is InChI=1S/C12H15ClN2O.C8H5ClN2O/c1-8-10(15-7-12(2,3)16)5-4-9(6-14)11(8)13;9-7-3-1-6(2-4-7)8-11-10-5-12-8/h4-5,15-16H,7H2,1-3H3;1-5H. The number of hydrogen-bond donors (Lipinski definition) is 2. The van der Waals surface area contributed by atoms with E-state index in [1.807, 2.05) is 25.1 Å². The van der Waals surface area contributed by atoms with Crippen LogP contribution in [0.5, 0.6) is 0 Å². The van der Waals surface area contributed by atoms with Gasteiger partial charge in [0.05, 0.1) is 16.2 Å². The van der Waals surface area contributed by atoms with E-state index in [-0.39, 0.29) is 0 Å². The highest BCUT2D eigenvalue weighted by Gasteiger charge is 2.13. The lowest BCUT2D eigenvalue weighted by Crippen LogP contribution is -2.29. The molecular weight excluding hydrogens is 399 g/mol. The zero-order chi connectivity index (χ0) is 20.7. The molecule has 0 unspecified atom stereocenters. The van der Waals surface area contributed by atoms with Crippen LogP contribution in [0.1, 0.15) is 25.0 Å². The van der Waals surface area contributed by atoms with E-state index in [9.17, 15) is 5.11 Å². The molecule has 2 N–H and O–H groups in total. The summed E-state index contributed by atoms with van der Waals surface area (Å²) in [7, 11) is 0. The molecule has 1 heterocycles. The molecule has 8 heteroatoms. The Morgan fingerprint density at radius 3 is 2.39 bits per heavy atom. The molecule has 0 saturated carbocycles. The minimum absolute atomic E-state index is 0.427. The fourth-order valence-electron chi connectivity index (χ4n) is 2.17. The highest BCUT2D eigenvalue weighted by Crippen LogP contribution is 2.27. The predicted octanol–water partition coefficient (Wildman–Crippen LogP) is 5.09. The number of nitrogens with zero attached hydrogens (tertiary/aromatic N) is 3. The average molecular weight is 419 g/mol. The fourth-order valence-corrected chi connectivity index (χ4v) is 2.50. The zero-order valence-corrected chi connectivity index (χ0v) is 17.2. The summed E-state index contributed by atoms with van der Waals surface area (Å²) < 4.78 is 4.99. The van der Waals surface area contributed by atoms with Crippen LogP contribution < -0.4 is 5.32 Å². The Labute approximate surface area is 173 Å². The number of anilines is 1. The largest absolute Gasteiger partial charge is 0.423 e. The van der Waals surface area contributed by atoms with Gasteiger partial charge in [0.2, 0.25) is 12.3 Å². The van der Waals surface area contributed by atoms with Crippen molar-refractivity contribution < 1.29 is 9.52 Å². The maximum Gasteiger partial charge on any atom is 0.247 e. The van der Waals surface area contributed by atoms with Gasteiger partial charge in [0.25, 0.3) is 0 Å².